The van der Waals surface area contributed by atoms with Crippen molar-refractivity contribution in [2.24, 2.45) is 11.7 Å². The van der Waals surface area contributed by atoms with Gasteiger partial charge in [-0.1, -0.05) is 35.4 Å². The fraction of sp³-hybridized carbons (Fsp3) is 0.391. The zero-order valence-electron chi connectivity index (χ0n) is 16.9. The largest absolute Gasteiger partial charge is 0.372 e. The molecule has 2 N–H and O–H groups in total. The van der Waals surface area contributed by atoms with Crippen LogP contribution in [0.25, 0.3) is 10.9 Å². The molecule has 2 aromatic rings. The second-order valence-electron chi connectivity index (χ2n) is 7.11. The Labute approximate surface area is 162 Å². The highest BCUT2D eigenvalue weighted by Gasteiger charge is 2.22. The van der Waals surface area contributed by atoms with Crippen LogP contribution in [0.3, 0.4) is 0 Å². The Kier molecular flexibility index (Phi) is 7.59. The average Bonchev–Trinajstić information content (AvgIpc) is 2.67. The van der Waals surface area contributed by atoms with Crippen LogP contribution in [0, 0.1) is 12.8 Å². The molecule has 0 spiro atoms. The standard InChI is InChI=1S/C22H28N2.CH3NO/c1-5-6-17(3)18(4)19-10-13-24(14-11-19)22-9-12-23-21-15-16(2)7-8-20(21)22;2-1-3/h5-9,12,15,19H,10-11,13-14H2,1-4H3;1H,(H2,2,3)/b6-5-,18-17+;. The normalized spacial score (nSPS) is 16.1. The molecule has 4 heteroatoms. The number of pyridine rings is 1. The fourth-order valence-electron chi connectivity index (χ4n) is 3.78. The number of amides is 1. The van der Waals surface area contributed by atoms with Gasteiger partial charge in [-0.25, -0.2) is 0 Å². The Morgan fingerprint density at radius 3 is 2.52 bits per heavy atom. The van der Waals surface area contributed by atoms with Crippen LogP contribution >= 0.6 is 0 Å². The zero-order valence-corrected chi connectivity index (χ0v) is 16.9. The molecular formula is C23H31N3O. The lowest BCUT2D eigenvalue weighted by atomic mass is 9.87. The maximum atomic E-state index is 8.58. The minimum absolute atomic E-state index is 0.250. The van der Waals surface area contributed by atoms with Gasteiger partial charge in [0, 0.05) is 30.4 Å². The van der Waals surface area contributed by atoms with Gasteiger partial charge in [0.15, 0.2) is 0 Å². The Morgan fingerprint density at radius 2 is 1.89 bits per heavy atom. The van der Waals surface area contributed by atoms with Gasteiger partial charge >= 0.3 is 0 Å². The molecule has 4 nitrogen and oxygen atoms in total. The third-order valence-corrected chi connectivity index (χ3v) is 5.36. The quantitative estimate of drug-likeness (QED) is 0.629. The van der Waals surface area contributed by atoms with E-state index in [0.29, 0.717) is 5.92 Å². The molecule has 1 aliphatic heterocycles. The summed E-state index contributed by atoms with van der Waals surface area (Å²) in [6, 6.07) is 8.76. The van der Waals surface area contributed by atoms with Crippen molar-refractivity contribution in [3.8, 4) is 0 Å². The summed E-state index contributed by atoms with van der Waals surface area (Å²) in [5.74, 6) is 0.716. The monoisotopic (exact) mass is 365 g/mol. The van der Waals surface area contributed by atoms with Crippen molar-refractivity contribution in [3.05, 3.63) is 59.3 Å². The number of carbonyl (C=O) groups is 1. The number of rotatable bonds is 3. The molecule has 0 saturated carbocycles. The van der Waals surface area contributed by atoms with Crippen molar-refractivity contribution in [2.75, 3.05) is 18.0 Å². The third kappa shape index (κ3) is 5.19. The lowest BCUT2D eigenvalue weighted by Gasteiger charge is -2.35. The highest BCUT2D eigenvalue weighted by molar-refractivity contribution is 5.91. The number of piperidine rings is 1. The number of aryl methyl sites for hydroxylation is 1. The average molecular weight is 366 g/mol. The molecule has 0 bridgehead atoms. The van der Waals surface area contributed by atoms with E-state index >= 15 is 0 Å². The smallest absolute Gasteiger partial charge is 0.204 e. The molecule has 1 aromatic carbocycles. The predicted octanol–water partition coefficient (Wildman–Crippen LogP) is 4.77. The minimum atomic E-state index is 0.250. The molecule has 27 heavy (non-hydrogen) atoms. The van der Waals surface area contributed by atoms with Crippen LogP contribution in [0.15, 0.2) is 53.8 Å². The van der Waals surface area contributed by atoms with E-state index in [4.69, 9.17) is 4.79 Å². The summed E-state index contributed by atoms with van der Waals surface area (Å²) in [6.07, 6.45) is 9.04. The van der Waals surface area contributed by atoms with Crippen LogP contribution in [0.2, 0.25) is 0 Å². The summed E-state index contributed by atoms with van der Waals surface area (Å²) in [4.78, 5) is 15.7. The summed E-state index contributed by atoms with van der Waals surface area (Å²) < 4.78 is 0. The highest BCUT2D eigenvalue weighted by atomic mass is 16.1. The second-order valence-corrected chi connectivity index (χ2v) is 7.11. The van der Waals surface area contributed by atoms with Crippen molar-refractivity contribution in [2.45, 2.75) is 40.5 Å². The molecule has 0 unspecified atom stereocenters. The Bertz CT molecular complexity index is 831. The molecule has 1 amide bonds. The van der Waals surface area contributed by atoms with Gasteiger partial charge in [0.05, 0.1) is 5.52 Å². The zero-order chi connectivity index (χ0) is 19.8. The number of nitrogens with two attached hydrogens (primary N) is 1. The molecule has 1 aromatic heterocycles. The summed E-state index contributed by atoms with van der Waals surface area (Å²) in [7, 11) is 0. The van der Waals surface area contributed by atoms with E-state index in [1.165, 1.54) is 35.1 Å². The lowest BCUT2D eigenvalue weighted by molar-refractivity contribution is -0.106. The summed E-state index contributed by atoms with van der Waals surface area (Å²) in [6.45, 7) is 11.0. The number of hydrogen-bond donors (Lipinski definition) is 1. The molecule has 1 saturated heterocycles. The van der Waals surface area contributed by atoms with Gasteiger partial charge in [0.2, 0.25) is 6.41 Å². The topological polar surface area (TPSA) is 59.2 Å². The van der Waals surface area contributed by atoms with Crippen molar-refractivity contribution in [1.82, 2.24) is 4.98 Å². The van der Waals surface area contributed by atoms with Crippen LogP contribution in [0.1, 0.15) is 39.2 Å². The molecule has 0 radical (unpaired) electrons. The first-order valence-electron chi connectivity index (χ1n) is 9.57. The first kappa shape index (κ1) is 20.7. The summed E-state index contributed by atoms with van der Waals surface area (Å²) >= 11 is 0. The van der Waals surface area contributed by atoms with E-state index in [1.807, 2.05) is 6.20 Å². The van der Waals surface area contributed by atoms with Crippen LogP contribution in [0.5, 0.6) is 0 Å². The van der Waals surface area contributed by atoms with Gasteiger partial charge in [0.1, 0.15) is 0 Å². The van der Waals surface area contributed by atoms with E-state index in [2.05, 4.69) is 79.7 Å². The predicted molar refractivity (Wildman–Crippen MR) is 115 cm³/mol. The molecule has 0 atom stereocenters. The van der Waals surface area contributed by atoms with Gasteiger partial charge < -0.3 is 10.6 Å². The Morgan fingerprint density at radius 1 is 1.22 bits per heavy atom. The maximum absolute atomic E-state index is 8.58. The number of anilines is 1. The maximum Gasteiger partial charge on any atom is 0.204 e. The number of hydrogen-bond acceptors (Lipinski definition) is 3. The molecular weight excluding hydrogens is 334 g/mol. The molecule has 2 heterocycles. The molecule has 0 aliphatic carbocycles. The van der Waals surface area contributed by atoms with Crippen LogP contribution in [-0.4, -0.2) is 24.5 Å². The number of carbonyl (C=O) groups excluding carboxylic acids is 1. The highest BCUT2D eigenvalue weighted by Crippen LogP contribution is 2.32. The van der Waals surface area contributed by atoms with Gasteiger partial charge in [-0.05, 0) is 64.2 Å². The van der Waals surface area contributed by atoms with E-state index < -0.39 is 0 Å². The molecule has 3 rings (SSSR count). The number of primary amides is 1. The lowest BCUT2D eigenvalue weighted by Crippen LogP contribution is -2.34. The van der Waals surface area contributed by atoms with Crippen LogP contribution in [-0.2, 0) is 4.79 Å². The van der Waals surface area contributed by atoms with Crippen molar-refractivity contribution in [3.63, 3.8) is 0 Å². The van der Waals surface area contributed by atoms with Gasteiger partial charge in [-0.2, -0.15) is 0 Å². The van der Waals surface area contributed by atoms with E-state index in [-0.39, 0.29) is 6.41 Å². The van der Waals surface area contributed by atoms with E-state index in [1.54, 1.807) is 5.57 Å². The number of allylic oxidation sites excluding steroid dienone is 4. The second kappa shape index (κ2) is 9.91. The van der Waals surface area contributed by atoms with Crippen LogP contribution < -0.4 is 10.6 Å². The first-order chi connectivity index (χ1) is 13.0. The van der Waals surface area contributed by atoms with E-state index in [9.17, 15) is 0 Å². The summed E-state index contributed by atoms with van der Waals surface area (Å²) in [5, 5.41) is 1.28. The fourth-order valence-corrected chi connectivity index (χ4v) is 3.78. The van der Waals surface area contributed by atoms with Crippen molar-refractivity contribution < 1.29 is 4.79 Å². The van der Waals surface area contributed by atoms with Crippen molar-refractivity contribution in [1.29, 1.82) is 0 Å². The number of fused-ring (bicyclic) bond motifs is 1. The van der Waals surface area contributed by atoms with Gasteiger partial charge in [0.25, 0.3) is 0 Å². The number of aromatic nitrogens is 1. The van der Waals surface area contributed by atoms with Crippen LogP contribution in [0.4, 0.5) is 5.69 Å². The van der Waals surface area contributed by atoms with Gasteiger partial charge in [-0.3, -0.25) is 9.78 Å². The van der Waals surface area contributed by atoms with E-state index in [0.717, 1.165) is 18.6 Å². The molecule has 1 aliphatic rings. The first-order valence-corrected chi connectivity index (χ1v) is 9.57. The minimum Gasteiger partial charge on any atom is -0.372 e. The third-order valence-electron chi connectivity index (χ3n) is 5.36. The SMILES string of the molecule is C/C=C\C(C)=C(/C)C1CCN(c2ccnc3cc(C)ccc23)CC1.NC=O. The number of nitrogens with zero attached hydrogens (tertiary/aromatic N) is 2. The molecule has 1 fully saturated rings. The summed E-state index contributed by atoms with van der Waals surface area (Å²) in [5.41, 5.74) is 10.9. The number of benzene rings is 1. The Balaban J connectivity index is 0.000000817. The van der Waals surface area contributed by atoms with Gasteiger partial charge in [-0.15, -0.1) is 0 Å². The molecule has 144 valence electrons. The Hall–Kier alpha value is -2.62. The van der Waals surface area contributed by atoms with Crippen molar-refractivity contribution >= 4 is 23.0 Å².